The van der Waals surface area contributed by atoms with Gasteiger partial charge in [-0.05, 0) is 36.6 Å². The Kier molecular flexibility index (Phi) is 4.15. The summed E-state index contributed by atoms with van der Waals surface area (Å²) in [7, 11) is 0. The fourth-order valence-electron chi connectivity index (χ4n) is 2.33. The van der Waals surface area contributed by atoms with Gasteiger partial charge in [0.15, 0.2) is 0 Å². The highest BCUT2D eigenvalue weighted by molar-refractivity contribution is 6.33. The zero-order valence-corrected chi connectivity index (χ0v) is 11.6. The van der Waals surface area contributed by atoms with Crippen LogP contribution in [0.3, 0.4) is 0 Å². The van der Waals surface area contributed by atoms with Crippen molar-refractivity contribution in [3.63, 3.8) is 0 Å². The molecule has 0 aliphatic carbocycles. The van der Waals surface area contributed by atoms with Crippen LogP contribution in [0, 0.1) is 5.92 Å². The van der Waals surface area contributed by atoms with E-state index in [4.69, 9.17) is 28.3 Å². The predicted octanol–water partition coefficient (Wildman–Crippen LogP) is 3.46. The highest BCUT2D eigenvalue weighted by Crippen LogP contribution is 2.34. The number of aliphatic carboxylic acids is 1. The third-order valence-electron chi connectivity index (χ3n) is 3.40. The lowest BCUT2D eigenvalue weighted by Gasteiger charge is -2.43. The summed E-state index contributed by atoms with van der Waals surface area (Å²) in [5.74, 6) is -0.476. The number of rotatable bonds is 4. The molecule has 18 heavy (non-hydrogen) atoms. The molecule has 98 valence electrons. The van der Waals surface area contributed by atoms with Crippen molar-refractivity contribution in [1.82, 2.24) is 4.90 Å². The molecule has 0 amide bonds. The maximum atomic E-state index is 10.6. The van der Waals surface area contributed by atoms with Crippen LogP contribution < -0.4 is 0 Å². The molecule has 1 saturated heterocycles. The summed E-state index contributed by atoms with van der Waals surface area (Å²) < 4.78 is 0. The Morgan fingerprint density at radius 3 is 2.78 bits per heavy atom. The van der Waals surface area contributed by atoms with Gasteiger partial charge in [-0.15, -0.1) is 0 Å². The minimum atomic E-state index is -0.729. The van der Waals surface area contributed by atoms with E-state index in [1.165, 1.54) is 0 Å². The number of nitrogens with zero attached hydrogens (tertiary/aromatic N) is 1. The Bertz CT molecular complexity index is 458. The molecule has 0 bridgehead atoms. The van der Waals surface area contributed by atoms with Crippen molar-refractivity contribution in [3.8, 4) is 0 Å². The Balaban J connectivity index is 1.99. The number of carbonyl (C=O) groups is 1. The molecular formula is C13H15Cl2NO2. The van der Waals surface area contributed by atoms with Crippen LogP contribution in [0.5, 0.6) is 0 Å². The maximum absolute atomic E-state index is 10.6. The summed E-state index contributed by atoms with van der Waals surface area (Å²) in [6.45, 7) is 3.67. The fourth-order valence-corrected chi connectivity index (χ4v) is 2.79. The zero-order chi connectivity index (χ0) is 13.3. The van der Waals surface area contributed by atoms with Crippen LogP contribution in [-0.4, -0.2) is 29.1 Å². The standard InChI is InChI=1S/C13H15Cl2NO2/c1-8(11-5-10(14)2-3-12(11)15)16-6-9(7-16)4-13(17)18/h2-3,5,8-9H,4,6-7H2,1H3,(H,17,18). The molecule has 1 fully saturated rings. The third-order valence-corrected chi connectivity index (χ3v) is 3.98. The average molecular weight is 288 g/mol. The normalized spacial score (nSPS) is 18.4. The van der Waals surface area contributed by atoms with Crippen molar-refractivity contribution in [3.05, 3.63) is 33.8 Å². The molecule has 1 unspecified atom stereocenters. The van der Waals surface area contributed by atoms with Crippen LogP contribution in [0.25, 0.3) is 0 Å². The molecule has 1 N–H and O–H groups in total. The lowest BCUT2D eigenvalue weighted by atomic mass is 9.92. The van der Waals surface area contributed by atoms with E-state index in [1.54, 1.807) is 12.1 Å². The SMILES string of the molecule is CC(c1cc(Cl)ccc1Cl)N1CC(CC(=O)O)C1. The van der Waals surface area contributed by atoms with E-state index >= 15 is 0 Å². The second-order valence-electron chi connectivity index (χ2n) is 4.76. The summed E-state index contributed by atoms with van der Waals surface area (Å²) in [4.78, 5) is 12.8. The number of likely N-dealkylation sites (tertiary alicyclic amines) is 1. The third kappa shape index (κ3) is 2.97. The smallest absolute Gasteiger partial charge is 0.303 e. The van der Waals surface area contributed by atoms with Crippen molar-refractivity contribution >= 4 is 29.2 Å². The Labute approximate surface area is 116 Å². The fraction of sp³-hybridized carbons (Fsp3) is 0.462. The Morgan fingerprint density at radius 1 is 1.50 bits per heavy atom. The van der Waals surface area contributed by atoms with Crippen molar-refractivity contribution in [1.29, 1.82) is 0 Å². The van der Waals surface area contributed by atoms with Crippen LogP contribution in [0.1, 0.15) is 24.9 Å². The number of carboxylic acid groups (broad SMARTS) is 1. The first kappa shape index (κ1) is 13.7. The molecule has 0 radical (unpaired) electrons. The number of halogens is 2. The monoisotopic (exact) mass is 287 g/mol. The van der Waals surface area contributed by atoms with E-state index in [1.807, 2.05) is 6.07 Å². The molecule has 2 rings (SSSR count). The second kappa shape index (κ2) is 5.47. The Hall–Kier alpha value is -0.770. The first-order valence-electron chi connectivity index (χ1n) is 5.88. The van der Waals surface area contributed by atoms with Crippen LogP contribution in [0.15, 0.2) is 18.2 Å². The highest BCUT2D eigenvalue weighted by Gasteiger charge is 2.32. The summed E-state index contributed by atoms with van der Waals surface area (Å²) in [5.41, 5.74) is 0.998. The molecule has 1 aromatic carbocycles. The molecule has 0 saturated carbocycles. The topological polar surface area (TPSA) is 40.5 Å². The van der Waals surface area contributed by atoms with Crippen molar-refractivity contribution in [2.24, 2.45) is 5.92 Å². The summed E-state index contributed by atoms with van der Waals surface area (Å²) in [6.07, 6.45) is 0.243. The van der Waals surface area contributed by atoms with Crippen LogP contribution in [-0.2, 0) is 4.79 Å². The zero-order valence-electron chi connectivity index (χ0n) is 10.1. The van der Waals surface area contributed by atoms with E-state index in [9.17, 15) is 4.79 Å². The first-order chi connectivity index (χ1) is 8.47. The van der Waals surface area contributed by atoms with Crippen LogP contribution >= 0.6 is 23.2 Å². The number of hydrogen-bond donors (Lipinski definition) is 1. The summed E-state index contributed by atoms with van der Waals surface area (Å²) in [6, 6.07) is 5.61. The van der Waals surface area contributed by atoms with Crippen molar-refractivity contribution < 1.29 is 9.90 Å². The van der Waals surface area contributed by atoms with Gasteiger partial charge in [-0.25, -0.2) is 0 Å². The molecule has 3 nitrogen and oxygen atoms in total. The lowest BCUT2D eigenvalue weighted by Crippen LogP contribution is -2.48. The molecule has 0 spiro atoms. The minimum Gasteiger partial charge on any atom is -0.481 e. The van der Waals surface area contributed by atoms with E-state index < -0.39 is 5.97 Å². The van der Waals surface area contributed by atoms with E-state index in [0.29, 0.717) is 10.0 Å². The van der Waals surface area contributed by atoms with Gasteiger partial charge in [0.2, 0.25) is 0 Å². The number of hydrogen-bond acceptors (Lipinski definition) is 2. The second-order valence-corrected chi connectivity index (χ2v) is 5.60. The van der Waals surface area contributed by atoms with Gasteiger partial charge in [0, 0.05) is 29.2 Å². The van der Waals surface area contributed by atoms with Gasteiger partial charge in [0.05, 0.1) is 6.42 Å². The van der Waals surface area contributed by atoms with E-state index in [2.05, 4.69) is 11.8 Å². The van der Waals surface area contributed by atoms with Gasteiger partial charge in [-0.2, -0.15) is 0 Å². The van der Waals surface area contributed by atoms with Gasteiger partial charge < -0.3 is 5.11 Å². The number of benzene rings is 1. The first-order valence-corrected chi connectivity index (χ1v) is 6.63. The molecule has 5 heteroatoms. The molecule has 1 aliphatic heterocycles. The van der Waals surface area contributed by atoms with Gasteiger partial charge in [-0.3, -0.25) is 9.69 Å². The minimum absolute atomic E-state index is 0.168. The van der Waals surface area contributed by atoms with Gasteiger partial charge in [0.1, 0.15) is 0 Å². The highest BCUT2D eigenvalue weighted by atomic mass is 35.5. The van der Waals surface area contributed by atoms with Crippen molar-refractivity contribution in [2.75, 3.05) is 13.1 Å². The molecule has 0 aromatic heterocycles. The Morgan fingerprint density at radius 2 is 2.17 bits per heavy atom. The van der Waals surface area contributed by atoms with E-state index in [-0.39, 0.29) is 18.4 Å². The quantitative estimate of drug-likeness (QED) is 0.922. The van der Waals surface area contributed by atoms with Gasteiger partial charge >= 0.3 is 5.97 Å². The summed E-state index contributed by atoms with van der Waals surface area (Å²) >= 11 is 12.1. The van der Waals surface area contributed by atoms with E-state index in [0.717, 1.165) is 18.7 Å². The lowest BCUT2D eigenvalue weighted by molar-refractivity contribution is -0.139. The van der Waals surface area contributed by atoms with Crippen LogP contribution in [0.2, 0.25) is 10.0 Å². The van der Waals surface area contributed by atoms with Gasteiger partial charge in [0.25, 0.3) is 0 Å². The van der Waals surface area contributed by atoms with Crippen LogP contribution in [0.4, 0.5) is 0 Å². The van der Waals surface area contributed by atoms with Gasteiger partial charge in [-0.1, -0.05) is 23.2 Å². The molecule has 1 heterocycles. The largest absolute Gasteiger partial charge is 0.481 e. The number of carboxylic acids is 1. The molecule has 1 aliphatic rings. The summed E-state index contributed by atoms with van der Waals surface area (Å²) in [5, 5.41) is 10.1. The maximum Gasteiger partial charge on any atom is 0.303 e. The molecular weight excluding hydrogens is 273 g/mol. The predicted molar refractivity (Wildman–Crippen MR) is 72.2 cm³/mol. The molecule has 1 atom stereocenters. The average Bonchev–Trinajstić information content (AvgIpc) is 2.25. The molecule has 1 aromatic rings. The van der Waals surface area contributed by atoms with Crippen molar-refractivity contribution in [2.45, 2.75) is 19.4 Å².